The third kappa shape index (κ3) is 5.69. The Hall–Kier alpha value is -3.83. The van der Waals surface area contributed by atoms with Crippen LogP contribution in [0.5, 0.6) is 11.5 Å². The van der Waals surface area contributed by atoms with E-state index in [1.165, 1.54) is 13.3 Å². The molecule has 192 valence electrons. The molecule has 2 amide bonds. The second-order valence-corrected chi connectivity index (χ2v) is 8.83. The standard InChI is InChI=1S/C24H25F2N3O7/c1-12-7-14(25)22-23(21(12)26)34-11-17(30)15(9-20(32)35-22)28-19(31)10-27-24(33)16-8-18(36-29-16)13-5-3-2-4-6-13/h7-8,13,15H,2-6,9-11H2,1H3,(H,27,33)(H,28,31)/t15-/m0/s1. The monoisotopic (exact) mass is 505 g/mol. The van der Waals surface area contributed by atoms with Crippen molar-refractivity contribution in [1.29, 1.82) is 0 Å². The van der Waals surface area contributed by atoms with Crippen LogP contribution in [0.2, 0.25) is 0 Å². The van der Waals surface area contributed by atoms with Crippen molar-refractivity contribution in [2.24, 2.45) is 0 Å². The Morgan fingerprint density at radius 2 is 1.86 bits per heavy atom. The summed E-state index contributed by atoms with van der Waals surface area (Å²) in [4.78, 5) is 49.5. The molecule has 1 aromatic carbocycles. The molecule has 1 aromatic heterocycles. The van der Waals surface area contributed by atoms with E-state index in [9.17, 15) is 28.0 Å². The first-order valence-electron chi connectivity index (χ1n) is 11.6. The van der Waals surface area contributed by atoms with E-state index in [-0.39, 0.29) is 17.2 Å². The van der Waals surface area contributed by atoms with E-state index in [0.29, 0.717) is 5.76 Å². The second-order valence-electron chi connectivity index (χ2n) is 8.83. The van der Waals surface area contributed by atoms with Crippen molar-refractivity contribution in [3.05, 3.63) is 40.8 Å². The number of fused-ring (bicyclic) bond motifs is 1. The Morgan fingerprint density at radius 1 is 1.11 bits per heavy atom. The zero-order chi connectivity index (χ0) is 25.8. The van der Waals surface area contributed by atoms with Gasteiger partial charge in [-0.3, -0.25) is 19.2 Å². The lowest BCUT2D eigenvalue weighted by Gasteiger charge is -2.18. The van der Waals surface area contributed by atoms with Gasteiger partial charge >= 0.3 is 5.97 Å². The van der Waals surface area contributed by atoms with Crippen molar-refractivity contribution in [3.63, 3.8) is 0 Å². The van der Waals surface area contributed by atoms with Gasteiger partial charge in [-0.25, -0.2) is 8.78 Å². The van der Waals surface area contributed by atoms with Gasteiger partial charge < -0.3 is 24.6 Å². The van der Waals surface area contributed by atoms with Crippen LogP contribution in [0.25, 0.3) is 0 Å². The molecule has 4 rings (SSSR count). The number of carbonyl (C=O) groups excluding carboxylic acids is 4. The molecular weight excluding hydrogens is 480 g/mol. The maximum absolute atomic E-state index is 14.4. The Labute approximate surface area is 204 Å². The van der Waals surface area contributed by atoms with Crippen molar-refractivity contribution >= 4 is 23.6 Å². The lowest BCUT2D eigenvalue weighted by molar-refractivity contribution is -0.137. The van der Waals surface area contributed by atoms with Gasteiger partial charge in [0.05, 0.1) is 13.0 Å². The molecule has 0 saturated heterocycles. The van der Waals surface area contributed by atoms with E-state index in [4.69, 9.17) is 14.0 Å². The maximum atomic E-state index is 14.4. The number of hydrogen-bond donors (Lipinski definition) is 2. The zero-order valence-corrected chi connectivity index (χ0v) is 19.5. The Bertz CT molecular complexity index is 1190. The topological polar surface area (TPSA) is 137 Å². The molecule has 1 atom stereocenters. The molecule has 2 heterocycles. The summed E-state index contributed by atoms with van der Waals surface area (Å²) in [5.41, 5.74) is -0.0801. The molecule has 10 nitrogen and oxygen atoms in total. The molecule has 1 saturated carbocycles. The molecule has 1 fully saturated rings. The van der Waals surface area contributed by atoms with Crippen LogP contribution in [-0.2, 0) is 14.4 Å². The number of Topliss-reactive ketones (excluding diaryl/α,β-unsaturated/α-hetero) is 1. The number of hydrogen-bond acceptors (Lipinski definition) is 8. The third-order valence-electron chi connectivity index (χ3n) is 6.16. The van der Waals surface area contributed by atoms with Crippen molar-refractivity contribution in [2.45, 2.75) is 57.4 Å². The van der Waals surface area contributed by atoms with E-state index in [1.54, 1.807) is 6.07 Å². The minimum atomic E-state index is -1.40. The highest BCUT2D eigenvalue weighted by Gasteiger charge is 2.31. The van der Waals surface area contributed by atoms with E-state index in [1.807, 2.05) is 0 Å². The first-order chi connectivity index (χ1) is 17.2. The van der Waals surface area contributed by atoms with Crippen LogP contribution in [0.15, 0.2) is 16.7 Å². The van der Waals surface area contributed by atoms with Gasteiger partial charge in [-0.1, -0.05) is 24.4 Å². The third-order valence-corrected chi connectivity index (χ3v) is 6.16. The quantitative estimate of drug-likeness (QED) is 0.467. The predicted molar refractivity (Wildman–Crippen MR) is 118 cm³/mol. The largest absolute Gasteiger partial charge is 0.479 e. The summed E-state index contributed by atoms with van der Waals surface area (Å²) in [7, 11) is 0. The van der Waals surface area contributed by atoms with Gasteiger partial charge in [-0.15, -0.1) is 0 Å². The zero-order valence-electron chi connectivity index (χ0n) is 19.5. The summed E-state index contributed by atoms with van der Waals surface area (Å²) in [5, 5.41) is 8.45. The van der Waals surface area contributed by atoms with E-state index >= 15 is 0 Å². The maximum Gasteiger partial charge on any atom is 0.313 e. The highest BCUT2D eigenvalue weighted by atomic mass is 19.1. The van der Waals surface area contributed by atoms with Gasteiger partial charge in [0.25, 0.3) is 5.91 Å². The number of aromatic nitrogens is 1. The molecule has 0 bridgehead atoms. The Kier molecular flexibility index (Phi) is 7.61. The predicted octanol–water partition coefficient (Wildman–Crippen LogP) is 2.48. The fourth-order valence-corrected chi connectivity index (χ4v) is 4.21. The molecule has 1 aliphatic heterocycles. The molecule has 0 spiro atoms. The molecule has 2 aromatic rings. The van der Waals surface area contributed by atoms with Gasteiger partial charge in [-0.2, -0.15) is 0 Å². The first-order valence-corrected chi connectivity index (χ1v) is 11.6. The van der Waals surface area contributed by atoms with Crippen LogP contribution in [0.1, 0.15) is 66.3 Å². The van der Waals surface area contributed by atoms with Crippen LogP contribution < -0.4 is 20.1 Å². The van der Waals surface area contributed by atoms with E-state index in [2.05, 4.69) is 15.8 Å². The van der Waals surface area contributed by atoms with Crippen molar-refractivity contribution in [3.8, 4) is 11.5 Å². The number of aryl methyl sites for hydroxylation is 1. The minimum absolute atomic E-state index is 0.0241. The smallest absolute Gasteiger partial charge is 0.313 e. The molecule has 36 heavy (non-hydrogen) atoms. The molecule has 0 radical (unpaired) electrons. The van der Waals surface area contributed by atoms with E-state index < -0.39 is 72.3 Å². The summed E-state index contributed by atoms with van der Waals surface area (Å²) in [6.45, 7) is 0.0158. The van der Waals surface area contributed by atoms with Crippen LogP contribution in [0, 0.1) is 18.6 Å². The highest BCUT2D eigenvalue weighted by molar-refractivity contribution is 5.97. The second kappa shape index (κ2) is 10.8. The molecule has 12 heteroatoms. The van der Waals surface area contributed by atoms with Crippen molar-refractivity contribution in [1.82, 2.24) is 15.8 Å². The first kappa shape index (κ1) is 25.3. The van der Waals surface area contributed by atoms with Gasteiger partial charge in [0.2, 0.25) is 17.4 Å². The average molecular weight is 505 g/mol. The van der Waals surface area contributed by atoms with Crippen LogP contribution in [0.4, 0.5) is 8.78 Å². The molecule has 0 unspecified atom stereocenters. The summed E-state index contributed by atoms with van der Waals surface area (Å²) in [6, 6.07) is 0.989. The summed E-state index contributed by atoms with van der Waals surface area (Å²) in [5.74, 6) is -5.91. The van der Waals surface area contributed by atoms with Crippen LogP contribution in [0.3, 0.4) is 0 Å². The van der Waals surface area contributed by atoms with Crippen molar-refractivity contribution < 1.29 is 42.0 Å². The SMILES string of the molecule is Cc1cc(F)c2c(c1F)OCC(=O)[C@@H](NC(=O)CNC(=O)c1cc(C3CCCCC3)on1)CC(=O)O2. The Balaban J connectivity index is 1.34. The lowest BCUT2D eigenvalue weighted by Crippen LogP contribution is -2.48. The van der Waals surface area contributed by atoms with Gasteiger partial charge in [-0.05, 0) is 31.4 Å². The lowest BCUT2D eigenvalue weighted by atomic mass is 9.87. The minimum Gasteiger partial charge on any atom is -0.479 e. The fourth-order valence-electron chi connectivity index (χ4n) is 4.21. The number of carbonyl (C=O) groups is 4. The molecule has 1 aliphatic carbocycles. The van der Waals surface area contributed by atoms with Crippen molar-refractivity contribution in [2.75, 3.05) is 13.2 Å². The summed E-state index contributed by atoms with van der Waals surface area (Å²) >= 11 is 0. The van der Waals surface area contributed by atoms with Crippen LogP contribution in [-0.4, -0.2) is 47.9 Å². The Morgan fingerprint density at radius 3 is 2.61 bits per heavy atom. The number of benzene rings is 1. The number of halogens is 2. The van der Waals surface area contributed by atoms with Gasteiger partial charge in [0.1, 0.15) is 18.4 Å². The molecular formula is C24H25F2N3O7. The molecule has 2 N–H and O–H groups in total. The number of esters is 1. The number of ether oxygens (including phenoxy) is 2. The highest BCUT2D eigenvalue weighted by Crippen LogP contribution is 2.36. The number of ketones is 1. The molecule has 2 aliphatic rings. The summed E-state index contributed by atoms with van der Waals surface area (Å²) in [6.07, 6.45) is 4.61. The average Bonchev–Trinajstić information content (AvgIpc) is 3.37. The van der Waals surface area contributed by atoms with Gasteiger partial charge in [0, 0.05) is 12.0 Å². The van der Waals surface area contributed by atoms with Crippen LogP contribution >= 0.6 is 0 Å². The number of nitrogens with one attached hydrogen (secondary N) is 2. The normalized spacial score (nSPS) is 18.7. The number of amides is 2. The van der Waals surface area contributed by atoms with Gasteiger partial charge in [0.15, 0.2) is 23.1 Å². The summed E-state index contributed by atoms with van der Waals surface area (Å²) < 4.78 is 43.9. The number of nitrogens with zero attached hydrogens (tertiary/aromatic N) is 1. The fraction of sp³-hybridized carbons (Fsp3) is 0.458. The number of rotatable bonds is 5. The van der Waals surface area contributed by atoms with E-state index in [0.717, 1.165) is 31.7 Å².